The quantitative estimate of drug-likeness (QED) is 0.359. The molecule has 0 radical (unpaired) electrons. The molecule has 0 unspecified atom stereocenters. The van der Waals surface area contributed by atoms with Gasteiger partial charge in [-0.1, -0.05) is 39.2 Å². The van der Waals surface area contributed by atoms with E-state index in [0.717, 1.165) is 32.1 Å². The lowest BCUT2D eigenvalue weighted by Gasteiger charge is -2.60. The Labute approximate surface area is 186 Å². The first-order valence-corrected chi connectivity index (χ1v) is 12.6. The summed E-state index contributed by atoms with van der Waals surface area (Å²) >= 11 is 0. The molecule has 172 valence electrons. The fourth-order valence-electron chi connectivity index (χ4n) is 7.96. The largest absolute Gasteiger partial charge is 0.461 e. The van der Waals surface area contributed by atoms with E-state index in [-0.39, 0.29) is 17.4 Å². The summed E-state index contributed by atoms with van der Waals surface area (Å²) < 4.78 is 20.2. The van der Waals surface area contributed by atoms with Gasteiger partial charge >= 0.3 is 5.97 Å². The van der Waals surface area contributed by atoms with E-state index in [4.69, 9.17) is 4.74 Å². The van der Waals surface area contributed by atoms with Crippen molar-refractivity contribution in [2.24, 2.45) is 34.5 Å². The lowest BCUT2D eigenvalue weighted by molar-refractivity contribution is -0.140. The third kappa shape index (κ3) is 3.62. The fraction of sp³-hybridized carbons (Fsp3) is 0.778. The maximum Gasteiger partial charge on any atom is 0.367 e. The molecule has 0 N–H and O–H groups in total. The minimum atomic E-state index is -0.782. The number of carbonyl (C=O) groups excluding carboxylic acids is 2. The lowest BCUT2D eigenvalue weighted by Crippen LogP contribution is -2.53. The minimum Gasteiger partial charge on any atom is -0.461 e. The number of ether oxygens (including phenoxy) is 1. The smallest absolute Gasteiger partial charge is 0.367 e. The monoisotopic (exact) mass is 430 g/mol. The van der Waals surface area contributed by atoms with Crippen molar-refractivity contribution < 1.29 is 18.7 Å². The van der Waals surface area contributed by atoms with Gasteiger partial charge in [0, 0.05) is 6.42 Å². The highest BCUT2D eigenvalue weighted by atomic mass is 19.1. The van der Waals surface area contributed by atoms with Gasteiger partial charge in [-0.3, -0.25) is 4.79 Å². The van der Waals surface area contributed by atoms with Crippen molar-refractivity contribution in [3.63, 3.8) is 0 Å². The predicted molar refractivity (Wildman–Crippen MR) is 120 cm³/mol. The molecule has 0 heterocycles. The summed E-state index contributed by atoms with van der Waals surface area (Å²) in [6.07, 6.45) is 11.8. The molecular formula is C27H39FO3. The van der Waals surface area contributed by atoms with Gasteiger partial charge in [-0.15, -0.1) is 0 Å². The highest BCUT2D eigenvalue weighted by Crippen LogP contribution is 2.68. The van der Waals surface area contributed by atoms with Crippen LogP contribution in [0.1, 0.15) is 91.9 Å². The minimum absolute atomic E-state index is 0.106. The number of rotatable bonds is 5. The van der Waals surface area contributed by atoms with Crippen molar-refractivity contribution in [3.8, 4) is 0 Å². The second-order valence-corrected chi connectivity index (χ2v) is 11.0. The van der Waals surface area contributed by atoms with Gasteiger partial charge in [-0.2, -0.15) is 4.39 Å². The van der Waals surface area contributed by atoms with Gasteiger partial charge in [0.05, 0.1) is 6.61 Å². The van der Waals surface area contributed by atoms with Gasteiger partial charge in [0.15, 0.2) is 5.78 Å². The second kappa shape index (κ2) is 8.48. The molecule has 0 aliphatic heterocycles. The number of hydrogen-bond acceptors (Lipinski definition) is 3. The molecule has 0 saturated heterocycles. The van der Waals surface area contributed by atoms with Crippen LogP contribution in [0, 0.1) is 34.5 Å². The molecule has 0 spiro atoms. The summed E-state index contributed by atoms with van der Waals surface area (Å²) in [6.45, 7) is 8.78. The lowest BCUT2D eigenvalue weighted by atomic mass is 9.44. The number of ketones is 1. The van der Waals surface area contributed by atoms with E-state index in [1.165, 1.54) is 24.8 Å². The summed E-state index contributed by atoms with van der Waals surface area (Å²) in [5.41, 5.74) is 1.97. The Morgan fingerprint density at radius 2 is 1.87 bits per heavy atom. The van der Waals surface area contributed by atoms with E-state index in [1.807, 2.05) is 6.08 Å². The second-order valence-electron chi connectivity index (χ2n) is 11.0. The molecule has 4 rings (SSSR count). The van der Waals surface area contributed by atoms with Crippen LogP contribution in [0.15, 0.2) is 23.0 Å². The molecule has 4 aliphatic carbocycles. The van der Waals surface area contributed by atoms with Crippen LogP contribution in [0.3, 0.4) is 0 Å². The zero-order chi connectivity index (χ0) is 22.4. The number of esters is 1. The van der Waals surface area contributed by atoms with Gasteiger partial charge in [0.25, 0.3) is 0 Å². The van der Waals surface area contributed by atoms with Crippen molar-refractivity contribution in [2.45, 2.75) is 91.9 Å². The van der Waals surface area contributed by atoms with E-state index in [1.54, 1.807) is 6.92 Å². The van der Waals surface area contributed by atoms with E-state index < -0.39 is 11.8 Å². The van der Waals surface area contributed by atoms with Crippen LogP contribution in [-0.4, -0.2) is 18.4 Å². The van der Waals surface area contributed by atoms with E-state index in [9.17, 15) is 9.59 Å². The fourth-order valence-corrected chi connectivity index (χ4v) is 7.96. The van der Waals surface area contributed by atoms with Crippen LogP contribution in [0.4, 0.5) is 4.39 Å². The average Bonchev–Trinajstić information content (AvgIpc) is 3.09. The topological polar surface area (TPSA) is 43.4 Å². The molecule has 31 heavy (non-hydrogen) atoms. The molecule has 0 aromatic rings. The first-order chi connectivity index (χ1) is 14.8. The summed E-state index contributed by atoms with van der Waals surface area (Å²) in [5, 5.41) is 0. The van der Waals surface area contributed by atoms with Crippen LogP contribution in [0.2, 0.25) is 0 Å². The Morgan fingerprint density at radius 3 is 2.58 bits per heavy atom. The highest BCUT2D eigenvalue weighted by molar-refractivity contribution is 5.91. The van der Waals surface area contributed by atoms with Crippen LogP contribution >= 0.6 is 0 Å². The summed E-state index contributed by atoms with van der Waals surface area (Å²) in [7, 11) is 0. The van der Waals surface area contributed by atoms with Crippen LogP contribution < -0.4 is 0 Å². The molecule has 0 aromatic carbocycles. The Hall–Kier alpha value is -1.45. The first kappa shape index (κ1) is 22.7. The number of unbranched alkanes of at least 4 members (excludes halogenated alkanes) is 1. The number of halogens is 1. The van der Waals surface area contributed by atoms with E-state index in [0.29, 0.717) is 47.9 Å². The van der Waals surface area contributed by atoms with Crippen LogP contribution in [0.5, 0.6) is 0 Å². The number of hydrogen-bond donors (Lipinski definition) is 0. The average molecular weight is 431 g/mol. The Balaban J connectivity index is 1.72. The molecule has 0 amide bonds. The molecule has 6 atom stereocenters. The maximum absolute atomic E-state index is 15.2. The van der Waals surface area contributed by atoms with Crippen molar-refractivity contribution in [2.75, 3.05) is 6.61 Å². The molecule has 4 heteroatoms. The molecule has 0 bridgehead atoms. The molecular weight excluding hydrogens is 391 g/mol. The van der Waals surface area contributed by atoms with Crippen LogP contribution in [-0.2, 0) is 14.3 Å². The summed E-state index contributed by atoms with van der Waals surface area (Å²) in [5.74, 6) is 0.975. The van der Waals surface area contributed by atoms with Crippen molar-refractivity contribution in [3.05, 3.63) is 23.0 Å². The van der Waals surface area contributed by atoms with Crippen molar-refractivity contribution in [1.29, 1.82) is 0 Å². The van der Waals surface area contributed by atoms with Crippen molar-refractivity contribution >= 4 is 11.8 Å². The Morgan fingerprint density at radius 1 is 1.13 bits per heavy atom. The number of fused-ring (bicyclic) bond motifs is 5. The van der Waals surface area contributed by atoms with Crippen molar-refractivity contribution in [1.82, 2.24) is 0 Å². The number of carbonyl (C=O) groups is 2. The highest BCUT2D eigenvalue weighted by Gasteiger charge is 2.60. The first-order valence-electron chi connectivity index (χ1n) is 12.6. The third-order valence-electron chi connectivity index (χ3n) is 9.57. The molecule has 3 nitrogen and oxygen atoms in total. The normalized spacial score (nSPS) is 41.1. The molecule has 3 fully saturated rings. The SMILES string of the molecule is CCCC[C@H]1CC2=CC(=O)CC[C@]2(C)[C@H]2CC[C@]3(C)C(=C(F)C(=O)OCC)CC[C@H]3[C@H]12. The Bertz CT molecular complexity index is 811. The molecule has 4 aliphatic rings. The van der Waals surface area contributed by atoms with Gasteiger partial charge in [-0.25, -0.2) is 4.79 Å². The zero-order valence-corrected chi connectivity index (χ0v) is 19.8. The standard InChI is InChI=1S/C27H39FO3/c1-5-7-8-17-15-18-16-19(29)11-13-26(18,3)21-12-14-27(4)20(23(17)21)9-10-22(27)24(28)25(30)31-6-2/h16-17,20-21,23H,5-15H2,1-4H3/t17-,20-,21-,23-,26-,27-/m0/s1. The van der Waals surface area contributed by atoms with E-state index in [2.05, 4.69) is 20.8 Å². The number of allylic oxidation sites excluding steroid dienone is 2. The molecule has 3 saturated carbocycles. The maximum atomic E-state index is 15.2. The van der Waals surface area contributed by atoms with Gasteiger partial charge < -0.3 is 4.74 Å². The zero-order valence-electron chi connectivity index (χ0n) is 19.8. The van der Waals surface area contributed by atoms with Gasteiger partial charge in [0.2, 0.25) is 5.83 Å². The van der Waals surface area contributed by atoms with Crippen LogP contribution in [0.25, 0.3) is 0 Å². The van der Waals surface area contributed by atoms with E-state index >= 15 is 4.39 Å². The summed E-state index contributed by atoms with van der Waals surface area (Å²) in [4.78, 5) is 24.5. The predicted octanol–water partition coefficient (Wildman–Crippen LogP) is 6.72. The van der Waals surface area contributed by atoms with Gasteiger partial charge in [-0.05, 0) is 98.0 Å². The van der Waals surface area contributed by atoms with Gasteiger partial charge in [0.1, 0.15) is 0 Å². The Kier molecular flexibility index (Phi) is 6.22. The molecule has 0 aromatic heterocycles. The summed E-state index contributed by atoms with van der Waals surface area (Å²) in [6, 6.07) is 0. The third-order valence-corrected chi connectivity index (χ3v) is 9.57.